The number of ether oxygens (including phenoxy) is 1. The molecule has 0 fully saturated rings. The van der Waals surface area contributed by atoms with E-state index >= 15 is 0 Å². The fourth-order valence-corrected chi connectivity index (χ4v) is 2.38. The van der Waals surface area contributed by atoms with Crippen molar-refractivity contribution in [2.75, 3.05) is 6.61 Å². The molecule has 96 valence electrons. The molecule has 0 bridgehead atoms. The Kier molecular flexibility index (Phi) is 3.05. The third-order valence-corrected chi connectivity index (χ3v) is 3.43. The summed E-state index contributed by atoms with van der Waals surface area (Å²) in [7, 11) is 0. The summed E-state index contributed by atoms with van der Waals surface area (Å²) in [6, 6.07) is 16.3. The standard InChI is InChI=1S/C16H14O3/c17-15(11-6-2-1-3-7-11)13-10-19-14-9-5-4-8-12(14)16(13)18/h1-9,13,16,18H,10H2/t13-,16-/m1/s1. The van der Waals surface area contributed by atoms with Gasteiger partial charge in [-0.05, 0) is 6.07 Å². The van der Waals surface area contributed by atoms with E-state index in [1.165, 1.54) is 0 Å². The quantitative estimate of drug-likeness (QED) is 0.838. The van der Waals surface area contributed by atoms with Crippen LogP contribution in [0.2, 0.25) is 0 Å². The van der Waals surface area contributed by atoms with E-state index in [9.17, 15) is 9.90 Å². The summed E-state index contributed by atoms with van der Waals surface area (Å²) < 4.78 is 5.57. The summed E-state index contributed by atoms with van der Waals surface area (Å²) in [5, 5.41) is 10.4. The summed E-state index contributed by atoms with van der Waals surface area (Å²) in [4.78, 5) is 12.4. The van der Waals surface area contributed by atoms with Crippen LogP contribution in [-0.4, -0.2) is 17.5 Å². The lowest BCUT2D eigenvalue weighted by atomic mass is 9.87. The van der Waals surface area contributed by atoms with Crippen LogP contribution in [0.1, 0.15) is 22.0 Å². The minimum Gasteiger partial charge on any atom is -0.492 e. The van der Waals surface area contributed by atoms with Gasteiger partial charge in [-0.3, -0.25) is 4.79 Å². The highest BCUT2D eigenvalue weighted by atomic mass is 16.5. The Labute approximate surface area is 111 Å². The molecule has 0 amide bonds. The van der Waals surface area contributed by atoms with Crippen LogP contribution in [0.25, 0.3) is 0 Å². The maximum absolute atomic E-state index is 12.4. The van der Waals surface area contributed by atoms with Gasteiger partial charge in [-0.15, -0.1) is 0 Å². The minimum absolute atomic E-state index is 0.0809. The Morgan fingerprint density at radius 2 is 1.74 bits per heavy atom. The van der Waals surface area contributed by atoms with Crippen LogP contribution in [0.15, 0.2) is 54.6 Å². The molecular formula is C16H14O3. The van der Waals surface area contributed by atoms with Crippen molar-refractivity contribution >= 4 is 5.78 Å². The van der Waals surface area contributed by atoms with Crippen molar-refractivity contribution in [1.29, 1.82) is 0 Å². The van der Waals surface area contributed by atoms with Crippen molar-refractivity contribution < 1.29 is 14.6 Å². The zero-order valence-electron chi connectivity index (χ0n) is 10.3. The van der Waals surface area contributed by atoms with Crippen LogP contribution in [0.4, 0.5) is 0 Å². The monoisotopic (exact) mass is 254 g/mol. The Morgan fingerprint density at radius 3 is 2.53 bits per heavy atom. The molecule has 0 spiro atoms. The number of carbonyl (C=O) groups is 1. The molecule has 1 heterocycles. The summed E-state index contributed by atoms with van der Waals surface area (Å²) in [6.45, 7) is 0.214. The number of hydrogen-bond acceptors (Lipinski definition) is 3. The summed E-state index contributed by atoms with van der Waals surface area (Å²) in [5.41, 5.74) is 1.29. The van der Waals surface area contributed by atoms with Gasteiger partial charge in [0.2, 0.25) is 0 Å². The highest BCUT2D eigenvalue weighted by Gasteiger charge is 2.34. The zero-order chi connectivity index (χ0) is 13.2. The van der Waals surface area contributed by atoms with Crippen molar-refractivity contribution in [3.63, 3.8) is 0 Å². The molecule has 2 aromatic carbocycles. The number of aliphatic hydroxyl groups excluding tert-OH is 1. The lowest BCUT2D eigenvalue weighted by Gasteiger charge is -2.29. The molecule has 1 N–H and O–H groups in total. The number of aliphatic hydroxyl groups is 1. The van der Waals surface area contributed by atoms with Crippen LogP contribution in [-0.2, 0) is 0 Å². The van der Waals surface area contributed by atoms with Crippen molar-refractivity contribution in [2.45, 2.75) is 6.10 Å². The Bertz CT molecular complexity index is 592. The van der Waals surface area contributed by atoms with Gasteiger partial charge in [0.15, 0.2) is 5.78 Å². The van der Waals surface area contributed by atoms with Crippen LogP contribution in [0.5, 0.6) is 5.75 Å². The second kappa shape index (κ2) is 4.86. The first-order valence-electron chi connectivity index (χ1n) is 6.26. The van der Waals surface area contributed by atoms with Gasteiger partial charge < -0.3 is 9.84 Å². The predicted octanol–water partition coefficient (Wildman–Crippen LogP) is 2.61. The minimum atomic E-state index is -0.808. The van der Waals surface area contributed by atoms with Gasteiger partial charge in [0, 0.05) is 11.1 Å². The first kappa shape index (κ1) is 11.9. The zero-order valence-corrected chi connectivity index (χ0v) is 10.3. The summed E-state index contributed by atoms with van der Waals surface area (Å²) in [6.07, 6.45) is -0.808. The van der Waals surface area contributed by atoms with Crippen LogP contribution < -0.4 is 4.74 Å². The number of hydrogen-bond donors (Lipinski definition) is 1. The first-order chi connectivity index (χ1) is 9.27. The second-order valence-electron chi connectivity index (χ2n) is 4.63. The maximum Gasteiger partial charge on any atom is 0.172 e. The van der Waals surface area contributed by atoms with Gasteiger partial charge >= 0.3 is 0 Å². The highest BCUT2D eigenvalue weighted by Crippen LogP contribution is 2.36. The lowest BCUT2D eigenvalue weighted by Crippen LogP contribution is -2.32. The smallest absolute Gasteiger partial charge is 0.172 e. The summed E-state index contributed by atoms with van der Waals surface area (Å²) in [5.74, 6) is 0.0343. The second-order valence-corrected chi connectivity index (χ2v) is 4.63. The van der Waals surface area contributed by atoms with E-state index in [0.29, 0.717) is 16.9 Å². The van der Waals surface area contributed by atoms with Crippen LogP contribution >= 0.6 is 0 Å². The molecule has 0 aromatic heterocycles. The third kappa shape index (κ3) is 2.13. The molecule has 3 rings (SSSR count). The number of Topliss-reactive ketones (excluding diaryl/α,β-unsaturated/α-hetero) is 1. The molecule has 2 aromatic rings. The van der Waals surface area contributed by atoms with E-state index in [2.05, 4.69) is 0 Å². The molecule has 2 atom stereocenters. The van der Waals surface area contributed by atoms with Crippen molar-refractivity contribution in [1.82, 2.24) is 0 Å². The molecule has 0 aliphatic carbocycles. The molecule has 3 nitrogen and oxygen atoms in total. The first-order valence-corrected chi connectivity index (χ1v) is 6.26. The van der Waals surface area contributed by atoms with E-state index in [4.69, 9.17) is 4.74 Å². The summed E-state index contributed by atoms with van der Waals surface area (Å²) >= 11 is 0. The number of para-hydroxylation sites is 1. The molecule has 0 unspecified atom stereocenters. The fourth-order valence-electron chi connectivity index (χ4n) is 2.38. The lowest BCUT2D eigenvalue weighted by molar-refractivity contribution is 0.0418. The number of benzene rings is 2. The Morgan fingerprint density at radius 1 is 1.05 bits per heavy atom. The van der Waals surface area contributed by atoms with E-state index in [1.54, 1.807) is 18.2 Å². The normalized spacial score (nSPS) is 21.3. The molecule has 0 radical (unpaired) electrons. The van der Waals surface area contributed by atoms with Crippen molar-refractivity contribution in [3.8, 4) is 5.75 Å². The van der Waals surface area contributed by atoms with Crippen molar-refractivity contribution in [3.05, 3.63) is 65.7 Å². The Balaban J connectivity index is 1.90. The van der Waals surface area contributed by atoms with E-state index in [-0.39, 0.29) is 12.4 Å². The average molecular weight is 254 g/mol. The van der Waals surface area contributed by atoms with E-state index < -0.39 is 12.0 Å². The van der Waals surface area contributed by atoms with Gasteiger partial charge in [0.05, 0.1) is 12.0 Å². The largest absolute Gasteiger partial charge is 0.492 e. The topological polar surface area (TPSA) is 46.5 Å². The van der Waals surface area contributed by atoms with Crippen LogP contribution in [0, 0.1) is 5.92 Å². The maximum atomic E-state index is 12.4. The molecule has 1 aliphatic heterocycles. The van der Waals surface area contributed by atoms with E-state index in [1.807, 2.05) is 36.4 Å². The fraction of sp³-hybridized carbons (Fsp3) is 0.188. The van der Waals surface area contributed by atoms with Gasteiger partial charge in [0.1, 0.15) is 12.4 Å². The number of ketones is 1. The number of carbonyl (C=O) groups excluding carboxylic acids is 1. The number of rotatable bonds is 2. The Hall–Kier alpha value is -2.13. The number of fused-ring (bicyclic) bond motifs is 1. The van der Waals surface area contributed by atoms with Gasteiger partial charge in [-0.25, -0.2) is 0 Å². The molecule has 0 saturated heterocycles. The molecule has 1 aliphatic rings. The van der Waals surface area contributed by atoms with Gasteiger partial charge in [-0.2, -0.15) is 0 Å². The van der Waals surface area contributed by atoms with Crippen LogP contribution in [0.3, 0.4) is 0 Å². The highest BCUT2D eigenvalue weighted by molar-refractivity contribution is 5.98. The molecule has 19 heavy (non-hydrogen) atoms. The van der Waals surface area contributed by atoms with Crippen molar-refractivity contribution in [2.24, 2.45) is 5.92 Å². The average Bonchev–Trinajstić information content (AvgIpc) is 2.48. The van der Waals surface area contributed by atoms with Gasteiger partial charge in [0.25, 0.3) is 0 Å². The van der Waals surface area contributed by atoms with E-state index in [0.717, 1.165) is 0 Å². The van der Waals surface area contributed by atoms with Gasteiger partial charge in [-0.1, -0.05) is 48.5 Å². The predicted molar refractivity (Wildman–Crippen MR) is 71.2 cm³/mol. The molecular weight excluding hydrogens is 240 g/mol. The molecule has 3 heteroatoms. The third-order valence-electron chi connectivity index (χ3n) is 3.43. The molecule has 0 saturated carbocycles. The SMILES string of the molecule is O=C(c1ccccc1)[C@H]1COc2ccccc2[C@H]1O.